The van der Waals surface area contributed by atoms with Crippen LogP contribution in [0.1, 0.15) is 11.4 Å². The van der Waals surface area contributed by atoms with Gasteiger partial charge in [0.15, 0.2) is 5.82 Å². The van der Waals surface area contributed by atoms with Gasteiger partial charge in [-0.05, 0) is 41.2 Å². The largest absolute Gasteiger partial charge is 0.416 e. The molecule has 2 rings (SSSR count). The van der Waals surface area contributed by atoms with Gasteiger partial charge in [0.1, 0.15) is 0 Å². The van der Waals surface area contributed by atoms with E-state index in [2.05, 4.69) is 31.4 Å². The third-order valence-corrected chi connectivity index (χ3v) is 3.28. The second-order valence-corrected chi connectivity index (χ2v) is 4.92. The van der Waals surface area contributed by atoms with Gasteiger partial charge in [0.2, 0.25) is 0 Å². The molecule has 0 aliphatic heterocycles. The maximum absolute atomic E-state index is 12.7. The van der Waals surface area contributed by atoms with Gasteiger partial charge in [-0.3, -0.25) is 0 Å². The number of benzene rings is 1. The first-order valence-electron chi connectivity index (χ1n) is 5.76. The molecule has 0 aliphatic carbocycles. The van der Waals surface area contributed by atoms with Gasteiger partial charge < -0.3 is 9.84 Å². The van der Waals surface area contributed by atoms with Crippen LogP contribution in [0.3, 0.4) is 0 Å². The van der Waals surface area contributed by atoms with Gasteiger partial charge in [0, 0.05) is 17.4 Å². The van der Waals surface area contributed by atoms with Crippen molar-refractivity contribution in [3.05, 3.63) is 34.1 Å². The molecule has 0 unspecified atom stereocenters. The van der Waals surface area contributed by atoms with Gasteiger partial charge in [-0.25, -0.2) is 0 Å². The standard InChI is InChI=1S/C12H11BrF3N3O/c1-17-5-4-10-18-11(20-19-10)8-6-7(12(14,15)16)2-3-9(8)13/h2-3,6,17H,4-5H2,1H3. The average molecular weight is 350 g/mol. The molecule has 1 aromatic carbocycles. The molecule has 1 heterocycles. The molecule has 0 radical (unpaired) electrons. The molecule has 1 aromatic heterocycles. The van der Waals surface area contributed by atoms with Gasteiger partial charge in [0.05, 0.1) is 11.1 Å². The second-order valence-electron chi connectivity index (χ2n) is 4.06. The van der Waals surface area contributed by atoms with Crippen molar-refractivity contribution in [2.45, 2.75) is 12.6 Å². The van der Waals surface area contributed by atoms with Crippen LogP contribution in [-0.4, -0.2) is 23.7 Å². The molecule has 8 heteroatoms. The van der Waals surface area contributed by atoms with E-state index >= 15 is 0 Å². The summed E-state index contributed by atoms with van der Waals surface area (Å²) in [6.45, 7) is 0.655. The zero-order chi connectivity index (χ0) is 14.8. The fourth-order valence-corrected chi connectivity index (χ4v) is 1.98. The minimum atomic E-state index is -4.41. The summed E-state index contributed by atoms with van der Waals surface area (Å²) in [7, 11) is 1.78. The Hall–Kier alpha value is -1.41. The van der Waals surface area contributed by atoms with E-state index in [1.807, 2.05) is 0 Å². The molecule has 108 valence electrons. The van der Waals surface area contributed by atoms with Gasteiger partial charge in [-0.1, -0.05) is 5.16 Å². The number of hydrogen-bond donors (Lipinski definition) is 1. The van der Waals surface area contributed by atoms with E-state index in [4.69, 9.17) is 4.52 Å². The first-order valence-corrected chi connectivity index (χ1v) is 6.55. The maximum Gasteiger partial charge on any atom is 0.416 e. The van der Waals surface area contributed by atoms with Gasteiger partial charge in [-0.2, -0.15) is 18.2 Å². The van der Waals surface area contributed by atoms with Crippen LogP contribution < -0.4 is 5.32 Å². The average Bonchev–Trinajstić information content (AvgIpc) is 2.84. The van der Waals surface area contributed by atoms with Crippen LogP contribution in [0.15, 0.2) is 27.2 Å². The summed E-state index contributed by atoms with van der Waals surface area (Å²) in [5.41, 5.74) is -0.534. The lowest BCUT2D eigenvalue weighted by atomic mass is 10.1. The SMILES string of the molecule is CNCCc1noc(-c2cc(C(F)(F)F)ccc2Br)n1. The number of halogens is 4. The minimum Gasteiger partial charge on any atom is -0.334 e. The van der Waals surface area contributed by atoms with Crippen LogP contribution in [0.4, 0.5) is 13.2 Å². The molecular formula is C12H11BrF3N3O. The van der Waals surface area contributed by atoms with E-state index < -0.39 is 11.7 Å². The minimum absolute atomic E-state index is 0.0640. The lowest BCUT2D eigenvalue weighted by Gasteiger charge is -2.08. The lowest BCUT2D eigenvalue weighted by Crippen LogP contribution is -2.11. The molecule has 2 aromatic rings. The van der Waals surface area contributed by atoms with Gasteiger partial charge >= 0.3 is 6.18 Å². The second kappa shape index (κ2) is 5.92. The van der Waals surface area contributed by atoms with Crippen LogP contribution in [0.25, 0.3) is 11.5 Å². The summed E-state index contributed by atoms with van der Waals surface area (Å²) < 4.78 is 43.6. The molecule has 0 saturated carbocycles. The van der Waals surface area contributed by atoms with E-state index in [9.17, 15) is 13.2 Å². The number of aromatic nitrogens is 2. The summed E-state index contributed by atoms with van der Waals surface area (Å²) in [6.07, 6.45) is -3.87. The molecule has 0 spiro atoms. The Bertz CT molecular complexity index is 598. The molecule has 20 heavy (non-hydrogen) atoms. The summed E-state index contributed by atoms with van der Waals surface area (Å²) in [4.78, 5) is 4.09. The Balaban J connectivity index is 2.34. The van der Waals surface area contributed by atoms with Crippen LogP contribution in [0, 0.1) is 0 Å². The summed E-state index contributed by atoms with van der Waals surface area (Å²) >= 11 is 3.19. The van der Waals surface area contributed by atoms with Gasteiger partial charge in [-0.15, -0.1) is 0 Å². The van der Waals surface area contributed by atoms with Crippen LogP contribution in [0.5, 0.6) is 0 Å². The van der Waals surface area contributed by atoms with Crippen molar-refractivity contribution in [3.63, 3.8) is 0 Å². The van der Waals surface area contributed by atoms with Crippen molar-refractivity contribution >= 4 is 15.9 Å². The van der Waals surface area contributed by atoms with E-state index in [1.54, 1.807) is 7.05 Å². The highest BCUT2D eigenvalue weighted by Gasteiger charge is 2.31. The number of hydrogen-bond acceptors (Lipinski definition) is 4. The predicted molar refractivity (Wildman–Crippen MR) is 70.1 cm³/mol. The first kappa shape index (κ1) is 15.0. The molecule has 0 fully saturated rings. The highest BCUT2D eigenvalue weighted by atomic mass is 79.9. The van der Waals surface area contributed by atoms with E-state index in [-0.39, 0.29) is 11.5 Å². The van der Waals surface area contributed by atoms with Crippen molar-refractivity contribution in [3.8, 4) is 11.5 Å². The normalized spacial score (nSPS) is 11.8. The summed E-state index contributed by atoms with van der Waals surface area (Å²) in [5.74, 6) is 0.507. The Labute approximate surface area is 121 Å². The maximum atomic E-state index is 12.7. The zero-order valence-electron chi connectivity index (χ0n) is 10.5. The van der Waals surface area contributed by atoms with Crippen molar-refractivity contribution in [2.75, 3.05) is 13.6 Å². The summed E-state index contributed by atoms with van der Waals surface area (Å²) in [6, 6.07) is 3.29. The Kier molecular flexibility index (Phi) is 4.44. The smallest absolute Gasteiger partial charge is 0.334 e. The van der Waals surface area contributed by atoms with Crippen molar-refractivity contribution < 1.29 is 17.7 Å². The van der Waals surface area contributed by atoms with Gasteiger partial charge in [0.25, 0.3) is 5.89 Å². The fraction of sp³-hybridized carbons (Fsp3) is 0.333. The molecule has 4 nitrogen and oxygen atoms in total. The molecule has 0 aliphatic rings. The van der Waals surface area contributed by atoms with E-state index in [1.165, 1.54) is 6.07 Å². The number of alkyl halides is 3. The topological polar surface area (TPSA) is 51.0 Å². The summed E-state index contributed by atoms with van der Waals surface area (Å²) in [5, 5.41) is 6.66. The van der Waals surface area contributed by atoms with Crippen molar-refractivity contribution in [1.29, 1.82) is 0 Å². The Morgan fingerprint density at radius 2 is 2.10 bits per heavy atom. The van der Waals surface area contributed by atoms with Crippen LogP contribution >= 0.6 is 15.9 Å². The van der Waals surface area contributed by atoms with E-state index in [0.717, 1.165) is 12.1 Å². The molecule has 0 saturated heterocycles. The molecule has 0 bridgehead atoms. The number of nitrogens with one attached hydrogen (secondary N) is 1. The third kappa shape index (κ3) is 3.37. The van der Waals surface area contributed by atoms with Crippen LogP contribution in [-0.2, 0) is 12.6 Å². The lowest BCUT2D eigenvalue weighted by molar-refractivity contribution is -0.137. The molecule has 1 N–H and O–H groups in total. The zero-order valence-corrected chi connectivity index (χ0v) is 12.0. The van der Waals surface area contributed by atoms with E-state index in [0.29, 0.717) is 23.3 Å². The number of nitrogens with zero attached hydrogens (tertiary/aromatic N) is 2. The predicted octanol–water partition coefficient (Wildman–Crippen LogP) is 3.28. The monoisotopic (exact) mass is 349 g/mol. The van der Waals surface area contributed by atoms with Crippen molar-refractivity contribution in [2.24, 2.45) is 0 Å². The Morgan fingerprint density at radius 1 is 1.35 bits per heavy atom. The number of rotatable bonds is 4. The molecular weight excluding hydrogens is 339 g/mol. The quantitative estimate of drug-likeness (QED) is 0.920. The first-order chi connectivity index (χ1) is 9.41. The number of likely N-dealkylation sites (N-methyl/N-ethyl adjacent to an activating group) is 1. The Morgan fingerprint density at radius 3 is 2.75 bits per heavy atom. The molecule has 0 amide bonds. The fourth-order valence-electron chi connectivity index (χ4n) is 1.57. The molecule has 0 atom stereocenters. The third-order valence-electron chi connectivity index (χ3n) is 2.59. The highest BCUT2D eigenvalue weighted by Crippen LogP contribution is 2.35. The van der Waals surface area contributed by atoms with Crippen LogP contribution in [0.2, 0.25) is 0 Å². The van der Waals surface area contributed by atoms with Crippen molar-refractivity contribution in [1.82, 2.24) is 15.5 Å². The highest BCUT2D eigenvalue weighted by molar-refractivity contribution is 9.10.